The molecular formula is C14H22N2O3. The molecule has 0 spiro atoms. The van der Waals surface area contributed by atoms with Gasteiger partial charge in [0.15, 0.2) is 5.76 Å². The van der Waals surface area contributed by atoms with Crippen LogP contribution >= 0.6 is 0 Å². The molecule has 0 aromatic carbocycles. The number of ether oxygens (including phenoxy) is 1. The Morgan fingerprint density at radius 1 is 1.53 bits per heavy atom. The third kappa shape index (κ3) is 3.58. The van der Waals surface area contributed by atoms with Crippen LogP contribution in [-0.2, 0) is 4.74 Å². The zero-order chi connectivity index (χ0) is 13.7. The summed E-state index contributed by atoms with van der Waals surface area (Å²) in [6, 6.07) is 3.75. The predicted octanol–water partition coefficient (Wildman–Crippen LogP) is 1.46. The molecule has 1 aromatic heterocycles. The number of hydrogen-bond donors (Lipinski definition) is 0. The number of carbonyl (C=O) groups is 1. The number of amides is 1. The molecule has 0 unspecified atom stereocenters. The number of nitrogens with zero attached hydrogens (tertiary/aromatic N) is 2. The summed E-state index contributed by atoms with van der Waals surface area (Å²) in [6.45, 7) is 3.22. The van der Waals surface area contributed by atoms with E-state index in [1.54, 1.807) is 19.2 Å². The van der Waals surface area contributed by atoms with E-state index >= 15 is 0 Å². The van der Waals surface area contributed by atoms with Crippen molar-refractivity contribution in [2.45, 2.75) is 18.9 Å². The highest BCUT2D eigenvalue weighted by Gasteiger charge is 2.28. The molecule has 0 atom stereocenters. The summed E-state index contributed by atoms with van der Waals surface area (Å²) < 4.78 is 10.3. The van der Waals surface area contributed by atoms with Crippen LogP contribution in [0.4, 0.5) is 0 Å². The second-order valence-electron chi connectivity index (χ2n) is 5.00. The highest BCUT2D eigenvalue weighted by Crippen LogP contribution is 2.18. The first-order chi connectivity index (χ1) is 9.22. The highest BCUT2D eigenvalue weighted by atomic mass is 16.5. The van der Waals surface area contributed by atoms with Gasteiger partial charge in [0, 0.05) is 19.7 Å². The average molecular weight is 266 g/mol. The van der Waals surface area contributed by atoms with Crippen molar-refractivity contribution in [3.05, 3.63) is 24.2 Å². The molecule has 1 aliphatic rings. The van der Waals surface area contributed by atoms with Gasteiger partial charge in [-0.15, -0.1) is 0 Å². The molecule has 5 heteroatoms. The van der Waals surface area contributed by atoms with Crippen molar-refractivity contribution in [2.24, 2.45) is 0 Å². The Labute approximate surface area is 114 Å². The van der Waals surface area contributed by atoms with Crippen LogP contribution < -0.4 is 0 Å². The lowest BCUT2D eigenvalue weighted by Crippen LogP contribution is -2.47. The van der Waals surface area contributed by atoms with E-state index in [-0.39, 0.29) is 11.9 Å². The van der Waals surface area contributed by atoms with Crippen molar-refractivity contribution in [3.63, 3.8) is 0 Å². The van der Waals surface area contributed by atoms with E-state index in [2.05, 4.69) is 11.9 Å². The number of likely N-dealkylation sites (tertiary alicyclic amines) is 1. The fraction of sp³-hybridized carbons (Fsp3) is 0.643. The highest BCUT2D eigenvalue weighted by molar-refractivity contribution is 5.91. The minimum atomic E-state index is -0.0309. The fourth-order valence-electron chi connectivity index (χ4n) is 2.49. The second kappa shape index (κ2) is 6.73. The number of furan rings is 1. The van der Waals surface area contributed by atoms with Gasteiger partial charge in [-0.3, -0.25) is 4.79 Å². The molecule has 2 rings (SSSR count). The van der Waals surface area contributed by atoms with E-state index in [0.29, 0.717) is 18.9 Å². The molecule has 5 nitrogen and oxygen atoms in total. The predicted molar refractivity (Wildman–Crippen MR) is 72.1 cm³/mol. The van der Waals surface area contributed by atoms with E-state index in [9.17, 15) is 4.79 Å². The summed E-state index contributed by atoms with van der Waals surface area (Å²) in [5.74, 6) is 0.381. The summed E-state index contributed by atoms with van der Waals surface area (Å²) in [7, 11) is 3.77. The smallest absolute Gasteiger partial charge is 0.289 e. The van der Waals surface area contributed by atoms with E-state index < -0.39 is 0 Å². The molecule has 1 fully saturated rings. The van der Waals surface area contributed by atoms with E-state index in [4.69, 9.17) is 9.15 Å². The van der Waals surface area contributed by atoms with Crippen LogP contribution in [0.25, 0.3) is 0 Å². The van der Waals surface area contributed by atoms with Crippen molar-refractivity contribution in [3.8, 4) is 0 Å². The SMILES string of the molecule is COCCN(C(=O)c1ccco1)C1CCN(C)CC1. The Hall–Kier alpha value is -1.33. The van der Waals surface area contributed by atoms with Gasteiger partial charge in [-0.05, 0) is 45.1 Å². The number of carbonyl (C=O) groups excluding carboxylic acids is 1. The van der Waals surface area contributed by atoms with E-state index in [1.807, 2.05) is 4.90 Å². The molecule has 0 N–H and O–H groups in total. The van der Waals surface area contributed by atoms with Gasteiger partial charge >= 0.3 is 0 Å². The van der Waals surface area contributed by atoms with Gasteiger partial charge in [-0.1, -0.05) is 0 Å². The van der Waals surface area contributed by atoms with Crippen molar-refractivity contribution >= 4 is 5.91 Å². The van der Waals surface area contributed by atoms with Gasteiger partial charge in [0.2, 0.25) is 0 Å². The largest absolute Gasteiger partial charge is 0.459 e. The van der Waals surface area contributed by atoms with Crippen LogP contribution in [0.15, 0.2) is 22.8 Å². The minimum absolute atomic E-state index is 0.0309. The fourth-order valence-corrected chi connectivity index (χ4v) is 2.49. The van der Waals surface area contributed by atoms with Crippen molar-refractivity contribution in [1.29, 1.82) is 0 Å². The molecule has 1 amide bonds. The van der Waals surface area contributed by atoms with Gasteiger partial charge in [-0.2, -0.15) is 0 Å². The molecule has 0 radical (unpaired) electrons. The van der Waals surface area contributed by atoms with Gasteiger partial charge in [-0.25, -0.2) is 0 Å². The standard InChI is InChI=1S/C14H22N2O3/c1-15-7-5-12(6-8-15)16(9-11-18-2)14(17)13-4-3-10-19-13/h3-4,10,12H,5-9,11H2,1-2H3. The Kier molecular flexibility index (Phi) is 4.99. The molecule has 19 heavy (non-hydrogen) atoms. The normalized spacial score (nSPS) is 17.6. The third-order valence-electron chi connectivity index (χ3n) is 3.66. The zero-order valence-electron chi connectivity index (χ0n) is 11.7. The molecule has 0 aliphatic carbocycles. The molecule has 106 valence electrons. The maximum Gasteiger partial charge on any atom is 0.289 e. The topological polar surface area (TPSA) is 45.9 Å². The number of piperidine rings is 1. The van der Waals surface area contributed by atoms with Crippen LogP contribution in [0.1, 0.15) is 23.4 Å². The maximum absolute atomic E-state index is 12.5. The molecule has 0 bridgehead atoms. The Morgan fingerprint density at radius 2 is 2.26 bits per heavy atom. The van der Waals surface area contributed by atoms with Gasteiger partial charge in [0.25, 0.3) is 5.91 Å². The van der Waals surface area contributed by atoms with Crippen molar-refractivity contribution in [2.75, 3.05) is 40.4 Å². The number of rotatable bonds is 5. The van der Waals surface area contributed by atoms with Crippen LogP contribution in [0, 0.1) is 0 Å². The molecule has 1 aromatic rings. The van der Waals surface area contributed by atoms with Gasteiger partial charge in [0.1, 0.15) is 0 Å². The van der Waals surface area contributed by atoms with Crippen molar-refractivity contribution in [1.82, 2.24) is 9.80 Å². The number of methoxy groups -OCH3 is 1. The van der Waals surface area contributed by atoms with Crippen LogP contribution in [-0.4, -0.2) is 62.1 Å². The monoisotopic (exact) mass is 266 g/mol. The lowest BCUT2D eigenvalue weighted by molar-refractivity contribution is 0.0476. The lowest BCUT2D eigenvalue weighted by Gasteiger charge is -2.36. The molecule has 2 heterocycles. The molecular weight excluding hydrogens is 244 g/mol. The summed E-state index contributed by atoms with van der Waals surface area (Å²) in [5, 5.41) is 0. The maximum atomic E-state index is 12.5. The third-order valence-corrected chi connectivity index (χ3v) is 3.66. The molecule has 1 aliphatic heterocycles. The van der Waals surface area contributed by atoms with Crippen LogP contribution in [0.5, 0.6) is 0 Å². The molecule has 0 saturated carbocycles. The average Bonchev–Trinajstić information content (AvgIpc) is 2.95. The van der Waals surface area contributed by atoms with E-state index in [1.165, 1.54) is 6.26 Å². The Morgan fingerprint density at radius 3 is 2.84 bits per heavy atom. The lowest BCUT2D eigenvalue weighted by atomic mass is 10.0. The summed E-state index contributed by atoms with van der Waals surface area (Å²) in [5.41, 5.74) is 0. The Bertz CT molecular complexity index is 383. The van der Waals surface area contributed by atoms with Gasteiger partial charge in [0.05, 0.1) is 12.9 Å². The summed E-state index contributed by atoms with van der Waals surface area (Å²) >= 11 is 0. The minimum Gasteiger partial charge on any atom is -0.459 e. The quantitative estimate of drug-likeness (QED) is 0.809. The first-order valence-electron chi connectivity index (χ1n) is 6.74. The van der Waals surface area contributed by atoms with Gasteiger partial charge < -0.3 is 19.0 Å². The zero-order valence-corrected chi connectivity index (χ0v) is 11.7. The van der Waals surface area contributed by atoms with Crippen LogP contribution in [0.2, 0.25) is 0 Å². The second-order valence-corrected chi connectivity index (χ2v) is 5.00. The first-order valence-corrected chi connectivity index (χ1v) is 6.74. The van der Waals surface area contributed by atoms with Crippen LogP contribution in [0.3, 0.4) is 0 Å². The summed E-state index contributed by atoms with van der Waals surface area (Å²) in [6.07, 6.45) is 3.55. The summed E-state index contributed by atoms with van der Waals surface area (Å²) in [4.78, 5) is 16.6. The van der Waals surface area contributed by atoms with Crippen molar-refractivity contribution < 1.29 is 13.9 Å². The Balaban J connectivity index is 2.04. The van der Waals surface area contributed by atoms with E-state index in [0.717, 1.165) is 25.9 Å². The number of hydrogen-bond acceptors (Lipinski definition) is 4. The first kappa shape index (κ1) is 14.1. The molecule has 1 saturated heterocycles.